The molecule has 1 heterocycles. The second-order valence-corrected chi connectivity index (χ2v) is 8.56. The molecule has 2 atom stereocenters. The van der Waals surface area contributed by atoms with Crippen molar-refractivity contribution in [3.8, 4) is 0 Å². The Morgan fingerprint density at radius 3 is 2.00 bits per heavy atom. The van der Waals surface area contributed by atoms with Gasteiger partial charge in [0.25, 0.3) is 0 Å². The van der Waals surface area contributed by atoms with Crippen LogP contribution in [0.1, 0.15) is 22.8 Å². The van der Waals surface area contributed by atoms with Crippen LogP contribution in [0.25, 0.3) is 0 Å². The standard InChI is InChI=1S/C16H14Cl2S2/c1-19-16(12-4-8-14(18)9-5-12)10-15(20-16)11-2-6-13(17)7-3-11/h2-9,15H,10H2,1H3/t15-,16-/m0/s1. The van der Waals surface area contributed by atoms with E-state index in [2.05, 4.69) is 30.5 Å². The van der Waals surface area contributed by atoms with E-state index in [1.807, 2.05) is 47.8 Å². The fourth-order valence-corrected chi connectivity index (χ4v) is 5.59. The van der Waals surface area contributed by atoms with Crippen LogP contribution in [-0.4, -0.2) is 6.26 Å². The molecule has 0 unspecified atom stereocenters. The zero-order valence-corrected chi connectivity index (χ0v) is 14.1. The molecule has 0 aliphatic carbocycles. The second-order valence-electron chi connectivity index (χ2n) is 4.83. The van der Waals surface area contributed by atoms with Crippen molar-refractivity contribution in [2.75, 3.05) is 6.26 Å². The van der Waals surface area contributed by atoms with Crippen LogP contribution in [0.4, 0.5) is 0 Å². The van der Waals surface area contributed by atoms with Crippen LogP contribution in [-0.2, 0) is 4.08 Å². The Labute approximate surface area is 138 Å². The predicted molar refractivity (Wildman–Crippen MR) is 93.0 cm³/mol. The van der Waals surface area contributed by atoms with E-state index in [-0.39, 0.29) is 4.08 Å². The molecule has 1 saturated heterocycles. The highest BCUT2D eigenvalue weighted by molar-refractivity contribution is 8.18. The van der Waals surface area contributed by atoms with Crippen LogP contribution >= 0.6 is 46.7 Å². The highest BCUT2D eigenvalue weighted by Gasteiger charge is 2.46. The first-order valence-corrected chi connectivity index (χ1v) is 9.23. The predicted octanol–water partition coefficient (Wildman–Crippen LogP) is 6.39. The quantitative estimate of drug-likeness (QED) is 0.634. The lowest BCUT2D eigenvalue weighted by atomic mass is 10.0. The number of thioether (sulfide) groups is 2. The maximum absolute atomic E-state index is 5.98. The van der Waals surface area contributed by atoms with Crippen molar-refractivity contribution < 1.29 is 0 Å². The molecule has 3 rings (SSSR count). The Kier molecular flexibility index (Phi) is 4.28. The van der Waals surface area contributed by atoms with Crippen LogP contribution in [0, 0.1) is 0 Å². The molecule has 0 amide bonds. The summed E-state index contributed by atoms with van der Waals surface area (Å²) < 4.78 is 0.162. The maximum atomic E-state index is 5.98. The first-order chi connectivity index (χ1) is 9.63. The van der Waals surface area contributed by atoms with Gasteiger partial charge in [-0.3, -0.25) is 0 Å². The number of rotatable bonds is 3. The molecular weight excluding hydrogens is 327 g/mol. The molecule has 20 heavy (non-hydrogen) atoms. The SMILES string of the molecule is CS[C@@]1(c2ccc(Cl)cc2)C[C@@H](c2ccc(Cl)cc2)S1. The van der Waals surface area contributed by atoms with E-state index in [0.717, 1.165) is 16.5 Å². The van der Waals surface area contributed by atoms with Crippen LogP contribution in [0.2, 0.25) is 10.0 Å². The molecule has 4 heteroatoms. The van der Waals surface area contributed by atoms with Gasteiger partial charge in [-0.25, -0.2) is 0 Å². The molecule has 0 aromatic heterocycles. The largest absolute Gasteiger partial charge is 0.143 e. The van der Waals surface area contributed by atoms with Crippen molar-refractivity contribution in [3.05, 3.63) is 69.7 Å². The van der Waals surface area contributed by atoms with Gasteiger partial charge in [-0.15, -0.1) is 23.5 Å². The highest BCUT2D eigenvalue weighted by atomic mass is 35.5. The topological polar surface area (TPSA) is 0 Å². The number of benzene rings is 2. The Balaban J connectivity index is 1.78. The third kappa shape index (κ3) is 2.71. The summed E-state index contributed by atoms with van der Waals surface area (Å²) in [4.78, 5) is 0. The van der Waals surface area contributed by atoms with Gasteiger partial charge in [-0.05, 0) is 48.1 Å². The van der Waals surface area contributed by atoms with Gasteiger partial charge in [0.15, 0.2) is 0 Å². The minimum Gasteiger partial charge on any atom is -0.143 e. The van der Waals surface area contributed by atoms with Crippen molar-refractivity contribution in [1.82, 2.24) is 0 Å². The molecule has 0 spiro atoms. The molecule has 0 radical (unpaired) electrons. The third-order valence-corrected chi connectivity index (χ3v) is 7.50. The molecule has 0 nitrogen and oxygen atoms in total. The summed E-state index contributed by atoms with van der Waals surface area (Å²) in [6.07, 6.45) is 3.32. The van der Waals surface area contributed by atoms with Gasteiger partial charge in [-0.2, -0.15) is 0 Å². The van der Waals surface area contributed by atoms with E-state index in [4.69, 9.17) is 23.2 Å². The molecule has 104 valence electrons. The van der Waals surface area contributed by atoms with E-state index >= 15 is 0 Å². The van der Waals surface area contributed by atoms with E-state index in [1.165, 1.54) is 11.1 Å². The van der Waals surface area contributed by atoms with Crippen molar-refractivity contribution in [2.24, 2.45) is 0 Å². The van der Waals surface area contributed by atoms with Crippen molar-refractivity contribution >= 4 is 46.7 Å². The monoisotopic (exact) mass is 340 g/mol. The maximum Gasteiger partial charge on any atom is 0.0877 e. The fourth-order valence-electron chi connectivity index (χ4n) is 2.47. The smallest absolute Gasteiger partial charge is 0.0877 e. The molecule has 1 aliphatic rings. The van der Waals surface area contributed by atoms with Crippen LogP contribution in [0.5, 0.6) is 0 Å². The van der Waals surface area contributed by atoms with Crippen molar-refractivity contribution in [2.45, 2.75) is 15.7 Å². The lowest BCUT2D eigenvalue weighted by Gasteiger charge is -2.46. The van der Waals surface area contributed by atoms with Crippen molar-refractivity contribution in [1.29, 1.82) is 0 Å². The van der Waals surface area contributed by atoms with Gasteiger partial charge in [0.1, 0.15) is 0 Å². The first-order valence-electron chi connectivity index (χ1n) is 6.37. The van der Waals surface area contributed by atoms with Crippen LogP contribution < -0.4 is 0 Å². The van der Waals surface area contributed by atoms with Gasteiger partial charge in [0, 0.05) is 15.3 Å². The second kappa shape index (κ2) is 5.84. The molecule has 0 bridgehead atoms. The Bertz CT molecular complexity index is 587. The molecular formula is C16H14Cl2S2. The van der Waals surface area contributed by atoms with Crippen molar-refractivity contribution in [3.63, 3.8) is 0 Å². The summed E-state index contributed by atoms with van der Waals surface area (Å²) in [6, 6.07) is 16.4. The lowest BCUT2D eigenvalue weighted by Crippen LogP contribution is -2.30. The fraction of sp³-hybridized carbons (Fsp3) is 0.250. The molecule has 0 saturated carbocycles. The number of hydrogen-bond donors (Lipinski definition) is 0. The van der Waals surface area contributed by atoms with Gasteiger partial charge in [0.05, 0.1) is 4.08 Å². The minimum absolute atomic E-state index is 0.162. The first kappa shape index (κ1) is 14.6. The summed E-state index contributed by atoms with van der Waals surface area (Å²) >= 11 is 15.9. The molecule has 1 aliphatic heterocycles. The summed E-state index contributed by atoms with van der Waals surface area (Å²) in [6.45, 7) is 0. The average Bonchev–Trinajstić information content (AvgIpc) is 2.42. The Hall–Kier alpha value is -0.280. The summed E-state index contributed by atoms with van der Waals surface area (Å²) in [7, 11) is 0. The summed E-state index contributed by atoms with van der Waals surface area (Å²) in [5.74, 6) is 0. The van der Waals surface area contributed by atoms with Crippen LogP contribution in [0.3, 0.4) is 0 Å². The van der Waals surface area contributed by atoms with E-state index < -0.39 is 0 Å². The zero-order chi connectivity index (χ0) is 14.2. The Morgan fingerprint density at radius 2 is 1.50 bits per heavy atom. The lowest BCUT2D eigenvalue weighted by molar-refractivity contribution is 0.675. The third-order valence-electron chi connectivity index (χ3n) is 3.64. The normalized spacial score (nSPS) is 25.2. The summed E-state index contributed by atoms with van der Waals surface area (Å²) in [5.41, 5.74) is 2.71. The average molecular weight is 341 g/mol. The molecule has 2 aromatic rings. The minimum atomic E-state index is 0.162. The summed E-state index contributed by atoms with van der Waals surface area (Å²) in [5, 5.41) is 2.14. The zero-order valence-electron chi connectivity index (χ0n) is 11.0. The van der Waals surface area contributed by atoms with E-state index in [1.54, 1.807) is 0 Å². The van der Waals surface area contributed by atoms with E-state index in [0.29, 0.717) is 5.25 Å². The van der Waals surface area contributed by atoms with Gasteiger partial charge in [0.2, 0.25) is 0 Å². The van der Waals surface area contributed by atoms with Gasteiger partial charge < -0.3 is 0 Å². The highest BCUT2D eigenvalue weighted by Crippen LogP contribution is 2.66. The molecule has 2 aromatic carbocycles. The van der Waals surface area contributed by atoms with Gasteiger partial charge >= 0.3 is 0 Å². The van der Waals surface area contributed by atoms with E-state index in [9.17, 15) is 0 Å². The van der Waals surface area contributed by atoms with Gasteiger partial charge in [-0.1, -0.05) is 47.5 Å². The molecule has 0 N–H and O–H groups in total. The van der Waals surface area contributed by atoms with Crippen LogP contribution in [0.15, 0.2) is 48.5 Å². The number of halogens is 2. The number of hydrogen-bond acceptors (Lipinski definition) is 2. The molecule has 1 fully saturated rings. The Morgan fingerprint density at radius 1 is 1.00 bits per heavy atom.